The summed E-state index contributed by atoms with van der Waals surface area (Å²) in [5.41, 5.74) is 0. The van der Waals surface area contributed by atoms with E-state index in [4.69, 9.17) is 9.47 Å². The van der Waals surface area contributed by atoms with Gasteiger partial charge in [0, 0.05) is 19.8 Å². The SMILES string of the molecule is CCCNC1CC(OCCC)C1OC. The van der Waals surface area contributed by atoms with Crippen LogP contribution in [0.4, 0.5) is 0 Å². The molecule has 14 heavy (non-hydrogen) atoms. The smallest absolute Gasteiger partial charge is 0.0986 e. The van der Waals surface area contributed by atoms with E-state index in [-0.39, 0.29) is 6.10 Å². The number of rotatable bonds is 7. The average Bonchev–Trinajstić information content (AvgIpc) is 2.16. The van der Waals surface area contributed by atoms with Gasteiger partial charge in [-0.2, -0.15) is 0 Å². The zero-order valence-electron chi connectivity index (χ0n) is 9.58. The van der Waals surface area contributed by atoms with Crippen molar-refractivity contribution in [2.75, 3.05) is 20.3 Å². The fourth-order valence-electron chi connectivity index (χ4n) is 1.86. The van der Waals surface area contributed by atoms with E-state index >= 15 is 0 Å². The highest BCUT2D eigenvalue weighted by Gasteiger charge is 2.41. The zero-order valence-corrected chi connectivity index (χ0v) is 9.58. The van der Waals surface area contributed by atoms with E-state index in [1.54, 1.807) is 7.11 Å². The lowest BCUT2D eigenvalue weighted by Crippen LogP contribution is -2.59. The molecule has 0 aliphatic heterocycles. The Morgan fingerprint density at radius 3 is 2.64 bits per heavy atom. The van der Waals surface area contributed by atoms with Crippen LogP contribution in [0.3, 0.4) is 0 Å². The molecule has 3 unspecified atom stereocenters. The largest absolute Gasteiger partial charge is 0.377 e. The van der Waals surface area contributed by atoms with Gasteiger partial charge in [-0.1, -0.05) is 13.8 Å². The summed E-state index contributed by atoms with van der Waals surface area (Å²) < 4.78 is 11.1. The molecule has 0 aromatic rings. The van der Waals surface area contributed by atoms with Crippen LogP contribution in [0.25, 0.3) is 0 Å². The Morgan fingerprint density at radius 1 is 1.29 bits per heavy atom. The van der Waals surface area contributed by atoms with E-state index in [0.717, 1.165) is 26.0 Å². The number of methoxy groups -OCH3 is 1. The van der Waals surface area contributed by atoms with Crippen molar-refractivity contribution in [3.63, 3.8) is 0 Å². The van der Waals surface area contributed by atoms with Gasteiger partial charge in [0.05, 0.1) is 12.2 Å². The molecule has 3 nitrogen and oxygen atoms in total. The van der Waals surface area contributed by atoms with Gasteiger partial charge < -0.3 is 14.8 Å². The molecule has 1 aliphatic rings. The van der Waals surface area contributed by atoms with Crippen molar-refractivity contribution < 1.29 is 9.47 Å². The molecule has 0 bridgehead atoms. The highest BCUT2D eigenvalue weighted by molar-refractivity contribution is 4.96. The minimum Gasteiger partial charge on any atom is -0.377 e. The van der Waals surface area contributed by atoms with Crippen molar-refractivity contribution in [3.05, 3.63) is 0 Å². The molecule has 84 valence electrons. The van der Waals surface area contributed by atoms with Gasteiger partial charge >= 0.3 is 0 Å². The molecule has 0 radical (unpaired) electrons. The topological polar surface area (TPSA) is 30.5 Å². The Kier molecular flexibility index (Phi) is 5.45. The fraction of sp³-hybridized carbons (Fsp3) is 1.00. The minimum absolute atomic E-state index is 0.257. The number of ether oxygens (including phenoxy) is 2. The second-order valence-corrected chi connectivity index (χ2v) is 3.91. The molecule has 0 spiro atoms. The summed E-state index contributed by atoms with van der Waals surface area (Å²) in [5.74, 6) is 0. The molecular weight excluding hydrogens is 178 g/mol. The van der Waals surface area contributed by atoms with Gasteiger partial charge in [0.2, 0.25) is 0 Å². The first-order chi connectivity index (χ1) is 6.83. The van der Waals surface area contributed by atoms with E-state index in [0.29, 0.717) is 12.1 Å². The van der Waals surface area contributed by atoms with Crippen LogP contribution >= 0.6 is 0 Å². The van der Waals surface area contributed by atoms with Crippen LogP contribution in [-0.2, 0) is 9.47 Å². The lowest BCUT2D eigenvalue weighted by molar-refractivity contribution is -0.133. The molecule has 0 amide bonds. The maximum atomic E-state index is 5.68. The highest BCUT2D eigenvalue weighted by atomic mass is 16.5. The van der Waals surface area contributed by atoms with Crippen molar-refractivity contribution >= 4 is 0 Å². The Balaban J connectivity index is 2.18. The molecule has 0 heterocycles. The van der Waals surface area contributed by atoms with Crippen molar-refractivity contribution in [1.29, 1.82) is 0 Å². The van der Waals surface area contributed by atoms with Crippen molar-refractivity contribution in [2.24, 2.45) is 0 Å². The lowest BCUT2D eigenvalue weighted by Gasteiger charge is -2.43. The zero-order chi connectivity index (χ0) is 10.4. The van der Waals surface area contributed by atoms with Crippen LogP contribution < -0.4 is 5.32 Å². The molecule has 1 rings (SSSR count). The molecule has 3 heteroatoms. The van der Waals surface area contributed by atoms with Gasteiger partial charge in [0.25, 0.3) is 0 Å². The third-order valence-corrected chi connectivity index (χ3v) is 2.71. The number of hydrogen-bond acceptors (Lipinski definition) is 3. The molecule has 1 aliphatic carbocycles. The molecule has 0 aromatic heterocycles. The van der Waals surface area contributed by atoms with E-state index < -0.39 is 0 Å². The predicted octanol–water partition coefficient (Wildman–Crippen LogP) is 1.57. The molecule has 1 fully saturated rings. The molecule has 1 saturated carbocycles. The van der Waals surface area contributed by atoms with Crippen molar-refractivity contribution in [2.45, 2.75) is 51.4 Å². The van der Waals surface area contributed by atoms with E-state index in [9.17, 15) is 0 Å². The van der Waals surface area contributed by atoms with Gasteiger partial charge in [0.1, 0.15) is 0 Å². The third kappa shape index (κ3) is 2.94. The Hall–Kier alpha value is -0.120. The Morgan fingerprint density at radius 2 is 2.07 bits per heavy atom. The summed E-state index contributed by atoms with van der Waals surface area (Å²) in [6, 6.07) is 0.502. The summed E-state index contributed by atoms with van der Waals surface area (Å²) in [5, 5.41) is 3.47. The Labute approximate surface area is 87.2 Å². The highest BCUT2D eigenvalue weighted by Crippen LogP contribution is 2.26. The van der Waals surface area contributed by atoms with Gasteiger partial charge in [-0.25, -0.2) is 0 Å². The van der Waals surface area contributed by atoms with Crippen molar-refractivity contribution in [3.8, 4) is 0 Å². The first-order valence-corrected chi connectivity index (χ1v) is 5.71. The first-order valence-electron chi connectivity index (χ1n) is 5.71. The second-order valence-electron chi connectivity index (χ2n) is 3.91. The minimum atomic E-state index is 0.257. The quantitative estimate of drug-likeness (QED) is 0.678. The van der Waals surface area contributed by atoms with Crippen LogP contribution in [0.15, 0.2) is 0 Å². The molecule has 0 aromatic carbocycles. The molecule has 3 atom stereocenters. The lowest BCUT2D eigenvalue weighted by atomic mass is 9.85. The first kappa shape index (κ1) is 12.0. The average molecular weight is 201 g/mol. The van der Waals surface area contributed by atoms with Crippen molar-refractivity contribution in [1.82, 2.24) is 5.32 Å². The predicted molar refractivity (Wildman–Crippen MR) is 57.5 cm³/mol. The number of nitrogens with one attached hydrogen (secondary N) is 1. The van der Waals surface area contributed by atoms with Crippen LogP contribution in [0.2, 0.25) is 0 Å². The summed E-state index contributed by atoms with van der Waals surface area (Å²) in [6.07, 6.45) is 3.92. The van der Waals surface area contributed by atoms with E-state index in [1.807, 2.05) is 0 Å². The van der Waals surface area contributed by atoms with Crippen LogP contribution in [0.1, 0.15) is 33.1 Å². The number of hydrogen-bond donors (Lipinski definition) is 1. The van der Waals surface area contributed by atoms with Crippen LogP contribution in [0, 0.1) is 0 Å². The molecule has 0 saturated heterocycles. The standard InChI is InChI=1S/C11H23NO2/c1-4-6-12-9-8-10(11(9)13-3)14-7-5-2/h9-12H,4-8H2,1-3H3. The summed E-state index contributed by atoms with van der Waals surface area (Å²) in [4.78, 5) is 0. The normalized spacial score (nSPS) is 31.5. The molecular formula is C11H23NO2. The van der Waals surface area contributed by atoms with Crippen LogP contribution in [0.5, 0.6) is 0 Å². The molecule has 1 N–H and O–H groups in total. The maximum absolute atomic E-state index is 5.68. The maximum Gasteiger partial charge on any atom is 0.0986 e. The van der Waals surface area contributed by atoms with Gasteiger partial charge in [-0.15, -0.1) is 0 Å². The van der Waals surface area contributed by atoms with Gasteiger partial charge in [0.15, 0.2) is 0 Å². The second kappa shape index (κ2) is 6.38. The summed E-state index contributed by atoms with van der Waals surface area (Å²) in [6.45, 7) is 6.24. The van der Waals surface area contributed by atoms with Gasteiger partial charge in [-0.3, -0.25) is 0 Å². The third-order valence-electron chi connectivity index (χ3n) is 2.71. The Bertz CT molecular complexity index is 138. The monoisotopic (exact) mass is 201 g/mol. The fourth-order valence-corrected chi connectivity index (χ4v) is 1.86. The summed E-state index contributed by atoms with van der Waals surface area (Å²) in [7, 11) is 1.77. The van der Waals surface area contributed by atoms with E-state index in [1.165, 1.54) is 6.42 Å². The van der Waals surface area contributed by atoms with Gasteiger partial charge in [-0.05, 0) is 25.8 Å². The van der Waals surface area contributed by atoms with E-state index in [2.05, 4.69) is 19.2 Å². The summed E-state index contributed by atoms with van der Waals surface area (Å²) >= 11 is 0. The van der Waals surface area contributed by atoms with Crippen LogP contribution in [-0.4, -0.2) is 38.5 Å².